The molecule has 6 rings (SSSR count). The van der Waals surface area contributed by atoms with Crippen LogP contribution in [0.4, 0.5) is 13.6 Å². The van der Waals surface area contributed by atoms with Crippen molar-refractivity contribution in [2.75, 3.05) is 20.3 Å². The van der Waals surface area contributed by atoms with Crippen molar-refractivity contribution in [1.29, 1.82) is 0 Å². The number of halogens is 2. The van der Waals surface area contributed by atoms with Gasteiger partial charge in [0.2, 0.25) is 27.7 Å². The molecule has 0 spiro atoms. The normalized spacial score (nSPS) is 30.8. The second-order valence-corrected chi connectivity index (χ2v) is 16.0. The lowest BCUT2D eigenvalue weighted by Crippen LogP contribution is -2.60. The Bertz CT molecular complexity index is 1910. The molecule has 52 heavy (non-hydrogen) atoms. The number of hydrogen-bond acceptors (Lipinski definition) is 10. The first-order chi connectivity index (χ1) is 24.6. The number of sulfonamides is 1. The van der Waals surface area contributed by atoms with Gasteiger partial charge in [0.25, 0.3) is 5.91 Å². The van der Waals surface area contributed by atoms with Crippen LogP contribution in [0.3, 0.4) is 0 Å². The molecule has 18 heteroatoms. The Morgan fingerprint density at radius 3 is 2.63 bits per heavy atom. The van der Waals surface area contributed by atoms with E-state index in [1.54, 1.807) is 25.1 Å². The molecule has 1 aromatic heterocycles. The van der Waals surface area contributed by atoms with Crippen LogP contribution in [0.1, 0.15) is 52.4 Å². The Labute approximate surface area is 298 Å². The van der Waals surface area contributed by atoms with Gasteiger partial charge in [-0.15, -0.1) is 0 Å². The fourth-order valence-corrected chi connectivity index (χ4v) is 8.43. The van der Waals surface area contributed by atoms with Crippen molar-refractivity contribution < 1.29 is 55.7 Å². The van der Waals surface area contributed by atoms with Crippen molar-refractivity contribution in [2.45, 2.75) is 93.1 Å². The average Bonchev–Trinajstić information content (AvgIpc) is 3.99. The molecule has 4 aliphatic rings. The van der Waals surface area contributed by atoms with Crippen LogP contribution in [-0.4, -0.2) is 108 Å². The second kappa shape index (κ2) is 14.1. The number of nitrogens with one attached hydrogen (secondary N) is 3. The van der Waals surface area contributed by atoms with E-state index in [0.29, 0.717) is 18.2 Å². The third kappa shape index (κ3) is 7.09. The molecule has 4 amide bonds. The first kappa shape index (κ1) is 37.2. The number of rotatable bonds is 8. The van der Waals surface area contributed by atoms with Crippen molar-refractivity contribution in [3.8, 4) is 11.6 Å². The summed E-state index contributed by atoms with van der Waals surface area (Å²) in [5.41, 5.74) is -1.74. The van der Waals surface area contributed by atoms with E-state index in [4.69, 9.17) is 14.2 Å². The van der Waals surface area contributed by atoms with Gasteiger partial charge in [-0.2, -0.15) is 0 Å². The number of allylic oxidation sites excluding steroid dienone is 1. The Morgan fingerprint density at radius 2 is 1.96 bits per heavy atom. The molecule has 2 aromatic rings. The molecule has 282 valence electrons. The molecule has 2 aliphatic carbocycles. The fraction of sp³-hybridized carbons (Fsp3) is 0.559. The van der Waals surface area contributed by atoms with Crippen molar-refractivity contribution in [1.82, 2.24) is 25.2 Å². The van der Waals surface area contributed by atoms with Crippen molar-refractivity contribution in [2.24, 2.45) is 5.92 Å². The predicted octanol–water partition coefficient (Wildman–Crippen LogP) is 2.33. The largest absolute Gasteiger partial charge is 0.496 e. The highest BCUT2D eigenvalue weighted by Gasteiger charge is 2.64. The number of benzene rings is 1. The molecule has 3 heterocycles. The number of methoxy groups -OCH3 is 1. The van der Waals surface area contributed by atoms with Crippen LogP contribution in [0, 0.1) is 11.7 Å². The summed E-state index contributed by atoms with van der Waals surface area (Å²) in [7, 11) is -3.05. The van der Waals surface area contributed by atoms with Gasteiger partial charge in [-0.3, -0.25) is 19.1 Å². The zero-order valence-corrected chi connectivity index (χ0v) is 29.6. The summed E-state index contributed by atoms with van der Waals surface area (Å²) in [5.74, 6) is -3.73. The number of hydrogen-bond donors (Lipinski definition) is 4. The standard InChI is InChI=1S/C34H41F2N5O10S/c1-18-6-4-5-7-20-15-34(20,31(44)40-52(47,48)33(17-35)9-10-33)39-28(42)25-14-22(16-41(25)30(43)27(19(2)50-18)38-32(45)46)51-29-24-12-21(36)13-26(49-3)23(24)8-11-37-29/h5,7-8,11-13,18-20,22,25,27,38H,4,6,9-10,14-17H2,1-3H3,(H,39,42)(H,40,44)(H,45,46)/b7-5-/t18-,19+,20-,22-,25+,27+,34-/m1/s1. The van der Waals surface area contributed by atoms with E-state index in [9.17, 15) is 41.5 Å². The second-order valence-electron chi connectivity index (χ2n) is 13.9. The number of amides is 4. The highest BCUT2D eigenvalue weighted by Crippen LogP contribution is 2.48. The van der Waals surface area contributed by atoms with E-state index in [1.807, 2.05) is 4.72 Å². The maximum Gasteiger partial charge on any atom is 0.405 e. The minimum Gasteiger partial charge on any atom is -0.496 e. The van der Waals surface area contributed by atoms with Gasteiger partial charge in [-0.25, -0.2) is 27.0 Å². The zero-order valence-electron chi connectivity index (χ0n) is 28.8. The van der Waals surface area contributed by atoms with Crippen LogP contribution >= 0.6 is 0 Å². The SMILES string of the molecule is COc1cc(F)cc2c(O[C@@H]3C[C@H]4C(=O)N[C@]5(C(=O)NS(=O)(=O)C6(CF)CC6)C[C@H]5/C=C\CC[C@@H](C)O[C@@H](C)[C@H](NC(=O)O)C(=O)N4C3)nccc12. The van der Waals surface area contributed by atoms with Crippen LogP contribution in [0.2, 0.25) is 0 Å². The maximum atomic E-state index is 14.6. The summed E-state index contributed by atoms with van der Waals surface area (Å²) < 4.78 is 72.2. The summed E-state index contributed by atoms with van der Waals surface area (Å²) in [6, 6.07) is 1.19. The van der Waals surface area contributed by atoms with E-state index >= 15 is 0 Å². The van der Waals surface area contributed by atoms with Gasteiger partial charge >= 0.3 is 6.09 Å². The van der Waals surface area contributed by atoms with Gasteiger partial charge < -0.3 is 34.9 Å². The number of nitrogens with zero attached hydrogens (tertiary/aromatic N) is 2. The van der Waals surface area contributed by atoms with Crippen LogP contribution in [-0.2, 0) is 29.1 Å². The van der Waals surface area contributed by atoms with E-state index in [1.165, 1.54) is 32.4 Å². The summed E-state index contributed by atoms with van der Waals surface area (Å²) in [6.07, 6.45) is 1.87. The summed E-state index contributed by atoms with van der Waals surface area (Å²) >= 11 is 0. The van der Waals surface area contributed by atoms with Crippen LogP contribution in [0.5, 0.6) is 11.6 Å². The van der Waals surface area contributed by atoms with Gasteiger partial charge in [0, 0.05) is 30.0 Å². The number of carbonyl (C=O) groups is 4. The molecule has 15 nitrogen and oxygen atoms in total. The number of carboxylic acid groups (broad SMARTS) is 1. The number of ether oxygens (including phenoxy) is 3. The topological polar surface area (TPSA) is 203 Å². The number of carbonyl (C=O) groups excluding carboxylic acids is 3. The molecule has 3 fully saturated rings. The molecule has 0 radical (unpaired) electrons. The van der Waals surface area contributed by atoms with Crippen molar-refractivity contribution in [3.63, 3.8) is 0 Å². The van der Waals surface area contributed by atoms with Gasteiger partial charge in [0.05, 0.1) is 31.2 Å². The molecule has 2 aliphatic heterocycles. The molecule has 4 N–H and O–H groups in total. The van der Waals surface area contributed by atoms with Gasteiger partial charge in [0.1, 0.15) is 46.7 Å². The minimum absolute atomic E-state index is 0.0167. The van der Waals surface area contributed by atoms with Gasteiger partial charge in [-0.1, -0.05) is 12.2 Å². The highest BCUT2D eigenvalue weighted by atomic mass is 32.2. The molecule has 0 bridgehead atoms. The Hall–Kier alpha value is -4.58. The lowest BCUT2D eigenvalue weighted by atomic mass is 10.1. The smallest absolute Gasteiger partial charge is 0.405 e. The minimum atomic E-state index is -4.43. The van der Waals surface area contributed by atoms with E-state index < -0.39 is 92.9 Å². The molecular weight excluding hydrogens is 708 g/mol. The Kier molecular flexibility index (Phi) is 10.1. The van der Waals surface area contributed by atoms with E-state index in [0.717, 1.165) is 4.90 Å². The summed E-state index contributed by atoms with van der Waals surface area (Å²) in [5, 5.41) is 15.3. The lowest BCUT2D eigenvalue weighted by Gasteiger charge is -2.32. The monoisotopic (exact) mass is 749 g/mol. The molecule has 1 saturated heterocycles. The first-order valence-corrected chi connectivity index (χ1v) is 18.5. The predicted molar refractivity (Wildman–Crippen MR) is 180 cm³/mol. The van der Waals surface area contributed by atoms with Gasteiger partial charge in [-0.05, 0) is 58.1 Å². The van der Waals surface area contributed by atoms with E-state index in [-0.39, 0.29) is 49.2 Å². The van der Waals surface area contributed by atoms with E-state index in [2.05, 4.69) is 15.6 Å². The first-order valence-electron chi connectivity index (χ1n) is 17.0. The quantitative estimate of drug-likeness (QED) is 0.289. The fourth-order valence-electron chi connectivity index (χ4n) is 7.00. The molecule has 2 saturated carbocycles. The number of pyridine rings is 1. The Balaban J connectivity index is 1.35. The zero-order chi connectivity index (χ0) is 37.6. The molecule has 7 atom stereocenters. The molecular formula is C34H41F2N5O10S. The van der Waals surface area contributed by atoms with Crippen LogP contribution in [0.25, 0.3) is 10.8 Å². The average molecular weight is 750 g/mol. The Morgan fingerprint density at radius 1 is 1.21 bits per heavy atom. The number of alkyl halides is 1. The third-order valence-electron chi connectivity index (χ3n) is 10.3. The number of aromatic nitrogens is 1. The summed E-state index contributed by atoms with van der Waals surface area (Å²) in [4.78, 5) is 59.5. The van der Waals surface area contributed by atoms with Crippen LogP contribution in [0.15, 0.2) is 36.5 Å². The van der Waals surface area contributed by atoms with Gasteiger partial charge in [0.15, 0.2) is 0 Å². The number of fused-ring (bicyclic) bond motifs is 3. The van der Waals surface area contributed by atoms with Crippen molar-refractivity contribution >= 4 is 44.6 Å². The lowest BCUT2D eigenvalue weighted by molar-refractivity contribution is -0.144. The van der Waals surface area contributed by atoms with Crippen molar-refractivity contribution in [3.05, 3.63) is 42.4 Å². The molecule has 0 unspecified atom stereocenters. The van der Waals surface area contributed by atoms with Crippen LogP contribution < -0.4 is 24.8 Å². The summed E-state index contributed by atoms with van der Waals surface area (Å²) in [6.45, 7) is 1.86. The third-order valence-corrected chi connectivity index (χ3v) is 12.4. The highest BCUT2D eigenvalue weighted by molar-refractivity contribution is 7.91. The molecule has 1 aromatic carbocycles. The maximum absolute atomic E-state index is 14.6.